The first kappa shape index (κ1) is 5.57. The van der Waals surface area contributed by atoms with Gasteiger partial charge in [0.2, 0.25) is 0 Å². The van der Waals surface area contributed by atoms with Gasteiger partial charge in [-0.3, -0.25) is 4.48 Å². The summed E-state index contributed by atoms with van der Waals surface area (Å²) in [4.78, 5) is 0. The van der Waals surface area contributed by atoms with Gasteiger partial charge in [-0.1, -0.05) is 0 Å². The van der Waals surface area contributed by atoms with Gasteiger partial charge in [0.25, 0.3) is 0 Å². The highest BCUT2D eigenvalue weighted by Crippen LogP contribution is 2.12. The summed E-state index contributed by atoms with van der Waals surface area (Å²) >= 11 is 0. The minimum absolute atomic E-state index is 0.903. The Morgan fingerprint density at radius 3 is 2.75 bits per heavy atom. The maximum atomic E-state index is 3.74. The van der Waals surface area contributed by atoms with Crippen molar-refractivity contribution >= 4 is 0 Å². The molecule has 0 bridgehead atoms. The molecule has 1 unspecified atom stereocenters. The number of nitrogens with zero attached hydrogens (tertiary/aromatic N) is 1. The molecular formula is C7H12N+. The number of quaternary nitrogens is 1. The van der Waals surface area contributed by atoms with Crippen LogP contribution < -0.4 is 0 Å². The average Bonchev–Trinajstić information content (AvgIpc) is 2.17. The summed E-state index contributed by atoms with van der Waals surface area (Å²) in [5.74, 6) is 0. The van der Waals surface area contributed by atoms with Gasteiger partial charge < -0.3 is 0 Å². The molecule has 1 rings (SSSR count). The molecule has 1 heterocycles. The van der Waals surface area contributed by atoms with E-state index >= 15 is 0 Å². The Kier molecular flexibility index (Phi) is 1.22. The van der Waals surface area contributed by atoms with Crippen molar-refractivity contribution in [3.05, 3.63) is 25.1 Å². The van der Waals surface area contributed by atoms with Crippen molar-refractivity contribution in [2.45, 2.75) is 6.42 Å². The summed E-state index contributed by atoms with van der Waals surface area (Å²) in [7, 11) is 2.15. The summed E-state index contributed by atoms with van der Waals surface area (Å²) in [6, 6.07) is 0. The average molecular weight is 110 g/mol. The second kappa shape index (κ2) is 1.75. The van der Waals surface area contributed by atoms with E-state index in [0.717, 1.165) is 4.48 Å². The molecule has 0 radical (unpaired) electrons. The Morgan fingerprint density at radius 1 is 1.75 bits per heavy atom. The molecule has 0 aliphatic carbocycles. The lowest BCUT2D eigenvalue weighted by molar-refractivity contribution is -0.799. The van der Waals surface area contributed by atoms with E-state index in [4.69, 9.17) is 0 Å². The van der Waals surface area contributed by atoms with Crippen LogP contribution in [-0.4, -0.2) is 18.1 Å². The lowest BCUT2D eigenvalue weighted by Gasteiger charge is -2.19. The van der Waals surface area contributed by atoms with Gasteiger partial charge in [-0.2, -0.15) is 0 Å². The summed E-state index contributed by atoms with van der Waals surface area (Å²) in [6.45, 7) is 4.92. The monoisotopic (exact) mass is 110 g/mol. The topological polar surface area (TPSA) is 0 Å². The first-order valence-corrected chi connectivity index (χ1v) is 2.93. The molecule has 1 atom stereocenters. The van der Waals surface area contributed by atoms with Gasteiger partial charge in [-0.05, 0) is 12.7 Å². The van der Waals surface area contributed by atoms with Crippen LogP contribution in [0.1, 0.15) is 6.42 Å². The predicted molar refractivity (Wildman–Crippen MR) is 35.0 cm³/mol. The van der Waals surface area contributed by atoms with E-state index in [1.165, 1.54) is 13.0 Å². The summed E-state index contributed by atoms with van der Waals surface area (Å²) < 4.78 is 0.903. The van der Waals surface area contributed by atoms with E-state index in [9.17, 15) is 0 Å². The van der Waals surface area contributed by atoms with Gasteiger partial charge in [0.1, 0.15) is 0 Å². The van der Waals surface area contributed by atoms with Gasteiger partial charge in [-0.15, -0.1) is 0 Å². The van der Waals surface area contributed by atoms with Crippen LogP contribution in [0.15, 0.2) is 25.1 Å². The van der Waals surface area contributed by atoms with Crippen LogP contribution in [-0.2, 0) is 0 Å². The number of hydrogen-bond donors (Lipinski definition) is 0. The van der Waals surface area contributed by atoms with Crippen LogP contribution in [0.5, 0.6) is 0 Å². The molecule has 0 fully saturated rings. The van der Waals surface area contributed by atoms with E-state index in [1.807, 2.05) is 6.20 Å². The van der Waals surface area contributed by atoms with Gasteiger partial charge >= 0.3 is 0 Å². The fourth-order valence-corrected chi connectivity index (χ4v) is 0.895. The van der Waals surface area contributed by atoms with Crippen molar-refractivity contribution in [1.29, 1.82) is 0 Å². The zero-order valence-electron chi connectivity index (χ0n) is 5.30. The molecule has 0 aromatic rings. The normalized spacial score (nSPS) is 35.6. The van der Waals surface area contributed by atoms with Crippen LogP contribution in [0.2, 0.25) is 0 Å². The zero-order chi connectivity index (χ0) is 6.04. The maximum Gasteiger partial charge on any atom is 0.0964 e. The molecule has 0 amide bonds. The van der Waals surface area contributed by atoms with Crippen LogP contribution in [0.4, 0.5) is 0 Å². The van der Waals surface area contributed by atoms with Gasteiger partial charge in [0.05, 0.1) is 26.0 Å². The first-order valence-electron chi connectivity index (χ1n) is 2.93. The molecule has 0 aromatic carbocycles. The van der Waals surface area contributed by atoms with E-state index in [1.54, 1.807) is 0 Å². The molecule has 0 saturated heterocycles. The SMILES string of the molecule is C=C[N+]1(C)C=CCC1. The minimum Gasteiger partial charge on any atom is -0.274 e. The first-order chi connectivity index (χ1) is 3.77. The van der Waals surface area contributed by atoms with Crippen LogP contribution in [0, 0.1) is 0 Å². The third-order valence-electron chi connectivity index (χ3n) is 1.64. The molecule has 1 nitrogen and oxygen atoms in total. The second-order valence-electron chi connectivity index (χ2n) is 2.43. The molecular weight excluding hydrogens is 98.1 g/mol. The largest absolute Gasteiger partial charge is 0.274 e. The minimum atomic E-state index is 0.903. The third kappa shape index (κ3) is 0.819. The fourth-order valence-electron chi connectivity index (χ4n) is 0.895. The molecule has 0 saturated carbocycles. The summed E-state index contributed by atoms with van der Waals surface area (Å²) in [5, 5.41) is 0. The van der Waals surface area contributed by atoms with Crippen LogP contribution in [0.3, 0.4) is 0 Å². The smallest absolute Gasteiger partial charge is 0.0964 e. The Balaban J connectivity index is 2.67. The maximum absolute atomic E-state index is 3.74. The van der Waals surface area contributed by atoms with Gasteiger partial charge in [0, 0.05) is 6.42 Å². The fraction of sp³-hybridized carbons (Fsp3) is 0.429. The zero-order valence-corrected chi connectivity index (χ0v) is 5.30. The van der Waals surface area contributed by atoms with E-state index in [0.29, 0.717) is 0 Å². The molecule has 1 heteroatoms. The van der Waals surface area contributed by atoms with E-state index in [2.05, 4.69) is 25.9 Å². The van der Waals surface area contributed by atoms with Crippen molar-refractivity contribution < 1.29 is 4.48 Å². The van der Waals surface area contributed by atoms with Crippen molar-refractivity contribution in [1.82, 2.24) is 0 Å². The van der Waals surface area contributed by atoms with Crippen molar-refractivity contribution in [3.8, 4) is 0 Å². The lowest BCUT2D eigenvalue weighted by atomic mass is 10.5. The van der Waals surface area contributed by atoms with Crippen molar-refractivity contribution in [3.63, 3.8) is 0 Å². The van der Waals surface area contributed by atoms with Crippen LogP contribution in [0.25, 0.3) is 0 Å². The third-order valence-corrected chi connectivity index (χ3v) is 1.64. The molecule has 44 valence electrons. The van der Waals surface area contributed by atoms with Gasteiger partial charge in [-0.25, -0.2) is 0 Å². The molecule has 0 spiro atoms. The second-order valence-corrected chi connectivity index (χ2v) is 2.43. The van der Waals surface area contributed by atoms with Crippen molar-refractivity contribution in [2.24, 2.45) is 0 Å². The molecule has 1 aliphatic heterocycles. The molecule has 0 aromatic heterocycles. The lowest BCUT2D eigenvalue weighted by Crippen LogP contribution is -2.28. The van der Waals surface area contributed by atoms with Gasteiger partial charge in [0.15, 0.2) is 0 Å². The molecule has 1 aliphatic rings. The number of hydrogen-bond acceptors (Lipinski definition) is 0. The standard InChI is InChI=1S/C7H12N/c1-3-8(2)6-4-5-7-8/h3-4,6H,1,5,7H2,2H3/q+1. The Labute approximate surface area is 50.5 Å². The van der Waals surface area contributed by atoms with E-state index < -0.39 is 0 Å². The molecule has 0 N–H and O–H groups in total. The summed E-state index contributed by atoms with van der Waals surface area (Å²) in [5.41, 5.74) is 0. The highest BCUT2D eigenvalue weighted by Gasteiger charge is 2.16. The van der Waals surface area contributed by atoms with E-state index in [-0.39, 0.29) is 0 Å². The highest BCUT2D eigenvalue weighted by atomic mass is 15.3. The Hall–Kier alpha value is -0.560. The predicted octanol–water partition coefficient (Wildman–Crippen LogP) is 1.49. The summed E-state index contributed by atoms with van der Waals surface area (Å²) in [6.07, 6.45) is 7.53. The van der Waals surface area contributed by atoms with Crippen molar-refractivity contribution in [2.75, 3.05) is 13.6 Å². The van der Waals surface area contributed by atoms with Crippen LogP contribution >= 0.6 is 0 Å². The quantitative estimate of drug-likeness (QED) is 0.449. The molecule has 8 heavy (non-hydrogen) atoms. The number of rotatable bonds is 1. The Morgan fingerprint density at radius 2 is 2.50 bits per heavy atom. The highest BCUT2D eigenvalue weighted by molar-refractivity contribution is 4.83. The Bertz CT molecular complexity index is 126.